The lowest BCUT2D eigenvalue weighted by atomic mass is 10.0. The molecule has 0 saturated carbocycles. The van der Waals surface area contributed by atoms with E-state index >= 15 is 0 Å². The molecule has 0 aliphatic heterocycles. The van der Waals surface area contributed by atoms with Gasteiger partial charge in [-0.15, -0.1) is 0 Å². The number of hydrogen-bond donors (Lipinski definition) is 0. The molecule has 168 valence electrons. The Balaban J connectivity index is 1.75. The number of carbonyl (C=O) groups is 1. The van der Waals surface area contributed by atoms with Gasteiger partial charge >= 0.3 is 5.97 Å². The molecule has 0 amide bonds. The van der Waals surface area contributed by atoms with Crippen LogP contribution >= 0.6 is 0 Å². The molecule has 0 saturated heterocycles. The minimum absolute atomic E-state index is 0.226. The van der Waals surface area contributed by atoms with Crippen molar-refractivity contribution in [1.82, 2.24) is 4.90 Å². The molecular weight excluding hydrogens is 406 g/mol. The van der Waals surface area contributed by atoms with Crippen molar-refractivity contribution in [3.63, 3.8) is 0 Å². The maximum absolute atomic E-state index is 12.1. The molecule has 0 aromatic heterocycles. The van der Waals surface area contributed by atoms with Crippen LogP contribution in [-0.2, 0) is 9.53 Å². The molecule has 0 N–H and O–H groups in total. The molecule has 0 aliphatic rings. The van der Waals surface area contributed by atoms with Gasteiger partial charge in [0.15, 0.2) is 0 Å². The maximum atomic E-state index is 12.1. The second kappa shape index (κ2) is 11.3. The van der Waals surface area contributed by atoms with Crippen LogP contribution in [0.15, 0.2) is 91.0 Å². The number of esters is 1. The van der Waals surface area contributed by atoms with Crippen LogP contribution < -0.4 is 0 Å². The predicted octanol–water partition coefficient (Wildman–Crippen LogP) is 6.06. The van der Waals surface area contributed by atoms with Crippen molar-refractivity contribution in [2.45, 2.75) is 26.4 Å². The smallest absolute Gasteiger partial charge is 0.320 e. The number of rotatable bonds is 6. The predicted molar refractivity (Wildman–Crippen MR) is 137 cm³/mol. The zero-order valence-corrected chi connectivity index (χ0v) is 19.8. The van der Waals surface area contributed by atoms with Crippen molar-refractivity contribution in [2.24, 2.45) is 0 Å². The summed E-state index contributed by atoms with van der Waals surface area (Å²) in [6, 6.07) is 28.7. The average molecular weight is 438 g/mol. The highest BCUT2D eigenvalue weighted by Crippen LogP contribution is 2.19. The van der Waals surface area contributed by atoms with Crippen LogP contribution in [0.1, 0.15) is 31.9 Å². The first kappa shape index (κ1) is 24.0. The van der Waals surface area contributed by atoms with Gasteiger partial charge in [-0.05, 0) is 56.6 Å². The van der Waals surface area contributed by atoms with Gasteiger partial charge in [0.1, 0.15) is 5.60 Å². The molecule has 3 rings (SSSR count). The van der Waals surface area contributed by atoms with E-state index in [0.29, 0.717) is 6.54 Å². The molecule has 3 aromatic rings. The quantitative estimate of drug-likeness (QED) is 0.347. The molecule has 0 radical (unpaired) electrons. The van der Waals surface area contributed by atoms with Crippen LogP contribution in [0.4, 0.5) is 0 Å². The fourth-order valence-electron chi connectivity index (χ4n) is 3.28. The lowest BCUT2D eigenvalue weighted by Crippen LogP contribution is -2.32. The second-order valence-electron chi connectivity index (χ2n) is 8.96. The molecule has 0 fully saturated rings. The molecule has 0 bridgehead atoms. The van der Waals surface area contributed by atoms with Gasteiger partial charge in [0.05, 0.1) is 6.54 Å². The van der Waals surface area contributed by atoms with Crippen LogP contribution in [0, 0.1) is 11.8 Å². The van der Waals surface area contributed by atoms with E-state index < -0.39 is 5.60 Å². The highest BCUT2D eigenvalue weighted by molar-refractivity contribution is 5.80. The SMILES string of the molecule is CN(CC=C(C#Cc1ccc(-c2ccccc2)cc1)c1ccccc1)CC(=O)OC(C)(C)C. The molecular formula is C30H31NO2. The minimum atomic E-state index is -0.482. The lowest BCUT2D eigenvalue weighted by molar-refractivity contribution is -0.155. The largest absolute Gasteiger partial charge is 0.459 e. The van der Waals surface area contributed by atoms with Crippen LogP contribution in [0.3, 0.4) is 0 Å². The highest BCUT2D eigenvalue weighted by Gasteiger charge is 2.17. The summed E-state index contributed by atoms with van der Waals surface area (Å²) < 4.78 is 5.42. The van der Waals surface area contributed by atoms with E-state index in [2.05, 4.69) is 42.2 Å². The maximum Gasteiger partial charge on any atom is 0.320 e. The van der Waals surface area contributed by atoms with Crippen LogP contribution in [-0.4, -0.2) is 36.6 Å². The Morgan fingerprint density at radius 1 is 0.879 bits per heavy atom. The number of carbonyl (C=O) groups excluding carboxylic acids is 1. The normalized spacial score (nSPS) is 11.6. The van der Waals surface area contributed by atoms with E-state index in [-0.39, 0.29) is 12.5 Å². The second-order valence-corrected chi connectivity index (χ2v) is 8.96. The number of ether oxygens (including phenoxy) is 1. The van der Waals surface area contributed by atoms with Gasteiger partial charge in [-0.1, -0.05) is 90.7 Å². The van der Waals surface area contributed by atoms with Crippen molar-refractivity contribution in [1.29, 1.82) is 0 Å². The Kier molecular flexibility index (Phi) is 8.24. The van der Waals surface area contributed by atoms with E-state index in [1.807, 2.05) is 93.4 Å². The molecule has 0 unspecified atom stereocenters. The number of nitrogens with zero attached hydrogens (tertiary/aromatic N) is 1. The third-order valence-corrected chi connectivity index (χ3v) is 4.84. The first-order valence-corrected chi connectivity index (χ1v) is 11.1. The first-order chi connectivity index (χ1) is 15.8. The van der Waals surface area contributed by atoms with Gasteiger partial charge in [-0.25, -0.2) is 0 Å². The summed E-state index contributed by atoms with van der Waals surface area (Å²) in [6.07, 6.45) is 2.06. The molecule has 0 spiro atoms. The van der Waals surface area contributed by atoms with Crippen molar-refractivity contribution in [2.75, 3.05) is 20.1 Å². The molecule has 0 atom stereocenters. The van der Waals surface area contributed by atoms with Gasteiger partial charge in [0.2, 0.25) is 0 Å². The Hall–Kier alpha value is -3.61. The Morgan fingerprint density at radius 2 is 1.45 bits per heavy atom. The lowest BCUT2D eigenvalue weighted by Gasteiger charge is -2.22. The minimum Gasteiger partial charge on any atom is -0.459 e. The van der Waals surface area contributed by atoms with Crippen molar-refractivity contribution in [3.05, 3.63) is 102 Å². The van der Waals surface area contributed by atoms with E-state index in [9.17, 15) is 4.79 Å². The zero-order valence-electron chi connectivity index (χ0n) is 19.8. The van der Waals surface area contributed by atoms with Gasteiger partial charge in [0, 0.05) is 17.7 Å². The van der Waals surface area contributed by atoms with E-state index in [1.165, 1.54) is 11.1 Å². The van der Waals surface area contributed by atoms with E-state index in [4.69, 9.17) is 4.74 Å². The Morgan fingerprint density at radius 3 is 2.06 bits per heavy atom. The van der Waals surface area contributed by atoms with Crippen molar-refractivity contribution >= 4 is 11.5 Å². The van der Waals surface area contributed by atoms with Crippen LogP contribution in [0.2, 0.25) is 0 Å². The topological polar surface area (TPSA) is 29.5 Å². The van der Waals surface area contributed by atoms with Gasteiger partial charge < -0.3 is 4.74 Å². The van der Waals surface area contributed by atoms with Crippen molar-refractivity contribution in [3.8, 4) is 23.0 Å². The molecule has 3 heteroatoms. The summed E-state index contributed by atoms with van der Waals surface area (Å²) in [5.74, 6) is 6.38. The summed E-state index contributed by atoms with van der Waals surface area (Å²) in [5, 5.41) is 0. The summed E-state index contributed by atoms with van der Waals surface area (Å²) in [6.45, 7) is 6.44. The van der Waals surface area contributed by atoms with Gasteiger partial charge in [-0.2, -0.15) is 0 Å². The van der Waals surface area contributed by atoms with Crippen LogP contribution in [0.5, 0.6) is 0 Å². The molecule has 0 aliphatic carbocycles. The fraction of sp³-hybridized carbons (Fsp3) is 0.233. The molecule has 3 aromatic carbocycles. The fourth-order valence-corrected chi connectivity index (χ4v) is 3.28. The van der Waals surface area contributed by atoms with E-state index in [1.54, 1.807) is 0 Å². The third-order valence-electron chi connectivity index (χ3n) is 4.84. The number of allylic oxidation sites excluding steroid dienone is 1. The van der Waals surface area contributed by atoms with Crippen LogP contribution in [0.25, 0.3) is 16.7 Å². The Bertz CT molecular complexity index is 1130. The number of hydrogen-bond acceptors (Lipinski definition) is 3. The number of benzene rings is 3. The zero-order chi connectivity index (χ0) is 23.7. The molecule has 3 nitrogen and oxygen atoms in total. The van der Waals surface area contributed by atoms with Gasteiger partial charge in [-0.3, -0.25) is 9.69 Å². The summed E-state index contributed by atoms with van der Waals surface area (Å²) in [5.41, 5.74) is 4.82. The molecule has 33 heavy (non-hydrogen) atoms. The standard InChI is InChI=1S/C30H31NO2/c1-30(2,3)33-29(32)23-31(4)22-21-28(26-13-9-6-10-14-26)20-17-24-15-18-27(19-16-24)25-11-7-5-8-12-25/h5-16,18-19,21H,22-23H2,1-4H3. The van der Waals surface area contributed by atoms with Crippen molar-refractivity contribution < 1.29 is 9.53 Å². The summed E-state index contributed by atoms with van der Waals surface area (Å²) >= 11 is 0. The first-order valence-electron chi connectivity index (χ1n) is 11.1. The summed E-state index contributed by atoms with van der Waals surface area (Å²) in [4.78, 5) is 14.0. The molecule has 0 heterocycles. The number of likely N-dealkylation sites (N-methyl/N-ethyl adjacent to an activating group) is 1. The third kappa shape index (κ3) is 8.11. The monoisotopic (exact) mass is 437 g/mol. The summed E-state index contributed by atoms with van der Waals surface area (Å²) in [7, 11) is 1.90. The van der Waals surface area contributed by atoms with Gasteiger partial charge in [0.25, 0.3) is 0 Å². The van der Waals surface area contributed by atoms with E-state index in [0.717, 1.165) is 16.7 Å². The highest BCUT2D eigenvalue weighted by atomic mass is 16.6. The average Bonchev–Trinajstić information content (AvgIpc) is 2.79. The Labute approximate surface area is 197 Å².